The number of hydrogen-bond acceptors (Lipinski definition) is 4. The number of hydrogen-bond donors (Lipinski definition) is 1. The molecule has 0 bridgehead atoms. The zero-order valence-electron chi connectivity index (χ0n) is 15.4. The van der Waals surface area contributed by atoms with Crippen LogP contribution in [-0.4, -0.2) is 30.6 Å². The Kier molecular flexibility index (Phi) is 4.97. The minimum atomic E-state index is -3.81. The van der Waals surface area contributed by atoms with Crippen LogP contribution in [0.2, 0.25) is 0 Å². The first-order valence-electron chi connectivity index (χ1n) is 8.46. The predicted molar refractivity (Wildman–Crippen MR) is 103 cm³/mol. The van der Waals surface area contributed by atoms with Crippen LogP contribution in [0.5, 0.6) is 5.75 Å². The molecule has 27 heavy (non-hydrogen) atoms. The SMILES string of the molecule is COc1ccc2c(c1)c(CCC(=O)O)cn2S(=O)(=O)c1ccc(C)c(C)c1. The zero-order chi connectivity index (χ0) is 19.8. The number of carbonyl (C=O) groups is 1. The summed E-state index contributed by atoms with van der Waals surface area (Å²) < 4.78 is 32.9. The molecule has 0 unspecified atom stereocenters. The van der Waals surface area contributed by atoms with Gasteiger partial charge in [-0.2, -0.15) is 0 Å². The van der Waals surface area contributed by atoms with Gasteiger partial charge >= 0.3 is 5.97 Å². The van der Waals surface area contributed by atoms with Gasteiger partial charge in [-0.15, -0.1) is 0 Å². The Bertz CT molecular complexity index is 1130. The number of carboxylic acids is 1. The summed E-state index contributed by atoms with van der Waals surface area (Å²) in [7, 11) is -2.29. The number of rotatable bonds is 6. The molecular formula is C20H21NO5S. The van der Waals surface area contributed by atoms with E-state index in [1.807, 2.05) is 13.8 Å². The van der Waals surface area contributed by atoms with Gasteiger partial charge in [-0.05, 0) is 67.3 Å². The van der Waals surface area contributed by atoms with Gasteiger partial charge in [0.05, 0.1) is 17.5 Å². The fourth-order valence-corrected chi connectivity index (χ4v) is 4.48. The summed E-state index contributed by atoms with van der Waals surface area (Å²) in [6.45, 7) is 3.79. The molecule has 0 amide bonds. The third kappa shape index (κ3) is 3.55. The summed E-state index contributed by atoms with van der Waals surface area (Å²) in [5.41, 5.74) is 3.05. The van der Waals surface area contributed by atoms with Crippen LogP contribution in [0.15, 0.2) is 47.5 Å². The third-order valence-electron chi connectivity index (χ3n) is 4.70. The second kappa shape index (κ2) is 7.08. The van der Waals surface area contributed by atoms with E-state index in [2.05, 4.69) is 0 Å². The van der Waals surface area contributed by atoms with E-state index in [0.717, 1.165) is 11.1 Å². The van der Waals surface area contributed by atoms with Crippen molar-refractivity contribution in [3.05, 3.63) is 59.3 Å². The molecule has 3 rings (SSSR count). The Balaban J connectivity index is 2.20. The van der Waals surface area contributed by atoms with Gasteiger partial charge in [0.25, 0.3) is 10.0 Å². The van der Waals surface area contributed by atoms with Crippen LogP contribution in [0.3, 0.4) is 0 Å². The van der Waals surface area contributed by atoms with Crippen molar-refractivity contribution in [3.63, 3.8) is 0 Å². The number of ether oxygens (including phenoxy) is 1. The van der Waals surface area contributed by atoms with Crippen molar-refractivity contribution in [1.82, 2.24) is 3.97 Å². The molecule has 0 fully saturated rings. The summed E-state index contributed by atoms with van der Waals surface area (Å²) in [5, 5.41) is 9.67. The number of aromatic nitrogens is 1. The summed E-state index contributed by atoms with van der Waals surface area (Å²) in [4.78, 5) is 11.2. The molecule has 0 aliphatic heterocycles. The van der Waals surface area contributed by atoms with Gasteiger partial charge in [0.2, 0.25) is 0 Å². The van der Waals surface area contributed by atoms with E-state index in [-0.39, 0.29) is 17.7 Å². The lowest BCUT2D eigenvalue weighted by Crippen LogP contribution is -2.12. The van der Waals surface area contributed by atoms with Crippen LogP contribution >= 0.6 is 0 Å². The van der Waals surface area contributed by atoms with Gasteiger partial charge < -0.3 is 9.84 Å². The maximum atomic E-state index is 13.2. The average molecular weight is 387 g/mol. The molecule has 0 saturated carbocycles. The number of fused-ring (bicyclic) bond motifs is 1. The van der Waals surface area contributed by atoms with Crippen molar-refractivity contribution < 1.29 is 23.1 Å². The van der Waals surface area contributed by atoms with Crippen molar-refractivity contribution in [3.8, 4) is 5.75 Å². The van der Waals surface area contributed by atoms with Crippen molar-refractivity contribution in [2.45, 2.75) is 31.6 Å². The molecule has 3 aromatic rings. The molecule has 0 radical (unpaired) electrons. The quantitative estimate of drug-likeness (QED) is 0.699. The highest BCUT2D eigenvalue weighted by Crippen LogP contribution is 2.30. The Hall–Kier alpha value is -2.80. The minimum Gasteiger partial charge on any atom is -0.497 e. The van der Waals surface area contributed by atoms with E-state index in [1.165, 1.54) is 17.3 Å². The molecule has 6 nitrogen and oxygen atoms in total. The van der Waals surface area contributed by atoms with Gasteiger partial charge in [0.1, 0.15) is 5.75 Å². The molecule has 0 spiro atoms. The molecule has 0 aliphatic carbocycles. The fraction of sp³-hybridized carbons (Fsp3) is 0.250. The van der Waals surface area contributed by atoms with Crippen molar-refractivity contribution >= 4 is 26.9 Å². The molecule has 1 N–H and O–H groups in total. The van der Waals surface area contributed by atoms with Gasteiger partial charge in [-0.25, -0.2) is 12.4 Å². The van der Waals surface area contributed by atoms with Crippen LogP contribution in [-0.2, 0) is 21.2 Å². The first-order valence-corrected chi connectivity index (χ1v) is 9.90. The molecule has 1 heterocycles. The largest absolute Gasteiger partial charge is 0.497 e. The van der Waals surface area contributed by atoms with Gasteiger partial charge in [0, 0.05) is 18.0 Å². The molecule has 2 aromatic carbocycles. The molecule has 7 heteroatoms. The van der Waals surface area contributed by atoms with Crippen LogP contribution in [0.25, 0.3) is 10.9 Å². The average Bonchev–Trinajstić information content (AvgIpc) is 3.00. The Labute approximate surface area is 158 Å². The number of methoxy groups -OCH3 is 1. The molecule has 142 valence electrons. The second-order valence-electron chi connectivity index (χ2n) is 6.48. The Morgan fingerprint density at radius 3 is 2.48 bits per heavy atom. The van der Waals surface area contributed by atoms with E-state index in [4.69, 9.17) is 9.84 Å². The lowest BCUT2D eigenvalue weighted by atomic mass is 10.1. The predicted octanol–water partition coefficient (Wildman–Crippen LogP) is 3.52. The van der Waals surface area contributed by atoms with Crippen LogP contribution in [0.4, 0.5) is 0 Å². The van der Waals surface area contributed by atoms with Crippen LogP contribution in [0.1, 0.15) is 23.1 Å². The lowest BCUT2D eigenvalue weighted by Gasteiger charge is -2.10. The van der Waals surface area contributed by atoms with Crippen LogP contribution < -0.4 is 4.74 Å². The topological polar surface area (TPSA) is 85.6 Å². The zero-order valence-corrected chi connectivity index (χ0v) is 16.2. The summed E-state index contributed by atoms with van der Waals surface area (Å²) in [6, 6.07) is 10.1. The van der Waals surface area contributed by atoms with E-state index in [1.54, 1.807) is 36.4 Å². The lowest BCUT2D eigenvalue weighted by molar-refractivity contribution is -0.136. The first-order chi connectivity index (χ1) is 12.7. The smallest absolute Gasteiger partial charge is 0.303 e. The maximum absolute atomic E-state index is 13.2. The summed E-state index contributed by atoms with van der Waals surface area (Å²) >= 11 is 0. The molecule has 0 aliphatic rings. The van der Waals surface area contributed by atoms with E-state index >= 15 is 0 Å². The van der Waals surface area contributed by atoms with Gasteiger partial charge in [0.15, 0.2) is 0 Å². The highest BCUT2D eigenvalue weighted by Gasteiger charge is 2.22. The van der Waals surface area contributed by atoms with E-state index in [0.29, 0.717) is 22.2 Å². The number of carboxylic acid groups (broad SMARTS) is 1. The van der Waals surface area contributed by atoms with Crippen molar-refractivity contribution in [2.75, 3.05) is 7.11 Å². The molecule has 0 saturated heterocycles. The summed E-state index contributed by atoms with van der Waals surface area (Å²) in [6.07, 6.45) is 1.66. The number of benzene rings is 2. The highest BCUT2D eigenvalue weighted by atomic mass is 32.2. The first kappa shape index (κ1) is 19.0. The number of aryl methyl sites for hydroxylation is 3. The number of aliphatic carboxylic acids is 1. The van der Waals surface area contributed by atoms with E-state index in [9.17, 15) is 13.2 Å². The second-order valence-corrected chi connectivity index (χ2v) is 8.29. The molecule has 1 aromatic heterocycles. The maximum Gasteiger partial charge on any atom is 0.303 e. The fourth-order valence-electron chi connectivity index (χ4n) is 3.00. The Morgan fingerprint density at radius 2 is 1.85 bits per heavy atom. The van der Waals surface area contributed by atoms with Crippen LogP contribution in [0, 0.1) is 13.8 Å². The molecular weight excluding hydrogens is 366 g/mol. The third-order valence-corrected chi connectivity index (χ3v) is 6.37. The Morgan fingerprint density at radius 1 is 1.11 bits per heavy atom. The normalized spacial score (nSPS) is 11.7. The number of nitrogens with zero attached hydrogens (tertiary/aromatic N) is 1. The monoisotopic (exact) mass is 387 g/mol. The van der Waals surface area contributed by atoms with Crippen molar-refractivity contribution in [1.29, 1.82) is 0 Å². The minimum absolute atomic E-state index is 0.0833. The standard InChI is InChI=1S/C20H21NO5S/c1-13-4-7-17(10-14(13)2)27(24,25)21-12-15(5-9-20(22)23)18-11-16(26-3)6-8-19(18)21/h4,6-8,10-12H,5,9H2,1-3H3,(H,22,23). The van der Waals surface area contributed by atoms with E-state index < -0.39 is 16.0 Å². The highest BCUT2D eigenvalue weighted by molar-refractivity contribution is 7.90. The van der Waals surface area contributed by atoms with Crippen molar-refractivity contribution in [2.24, 2.45) is 0 Å². The van der Waals surface area contributed by atoms with Gasteiger partial charge in [-0.3, -0.25) is 4.79 Å². The van der Waals surface area contributed by atoms with Gasteiger partial charge in [-0.1, -0.05) is 6.07 Å². The molecule has 0 atom stereocenters. The summed E-state index contributed by atoms with van der Waals surface area (Å²) in [5.74, 6) is -0.351.